The van der Waals surface area contributed by atoms with Gasteiger partial charge in [-0.2, -0.15) is 0 Å². The van der Waals surface area contributed by atoms with Gasteiger partial charge in [0.05, 0.1) is 24.1 Å². The van der Waals surface area contributed by atoms with Crippen molar-refractivity contribution in [3.8, 4) is 0 Å². The maximum absolute atomic E-state index is 8.23. The average Bonchev–Trinajstić information content (AvgIpc) is 2.42. The first-order valence-corrected chi connectivity index (χ1v) is 6.57. The lowest BCUT2D eigenvalue weighted by atomic mass is 10.1. The second-order valence-corrected chi connectivity index (χ2v) is 5.05. The van der Waals surface area contributed by atoms with Crippen molar-refractivity contribution in [3.63, 3.8) is 0 Å². The number of fused-ring (bicyclic) bond motifs is 1. The van der Waals surface area contributed by atoms with E-state index in [2.05, 4.69) is 18.7 Å². The van der Waals surface area contributed by atoms with Crippen LogP contribution in [0.2, 0.25) is 0 Å². The summed E-state index contributed by atoms with van der Waals surface area (Å²) in [5.41, 5.74) is 0.995. The third kappa shape index (κ3) is 3.59. The molecule has 0 fully saturated rings. The molecule has 0 radical (unpaired) electrons. The van der Waals surface area contributed by atoms with Crippen LogP contribution in [0, 0.1) is 6.92 Å². The topological polar surface area (TPSA) is 77.4 Å². The molecule has 0 spiro atoms. The van der Waals surface area contributed by atoms with Gasteiger partial charge < -0.3 is 0 Å². The molecule has 102 valence electrons. The second kappa shape index (κ2) is 7.08. The molecular formula is C11H10O6S2. The lowest BCUT2D eigenvalue weighted by molar-refractivity contribution is -0.432. The summed E-state index contributed by atoms with van der Waals surface area (Å²) in [5.74, 6) is 0. The molecular weight excluding hydrogens is 292 g/mol. The molecule has 0 heterocycles. The highest BCUT2D eigenvalue weighted by atomic mass is 32.2. The summed E-state index contributed by atoms with van der Waals surface area (Å²) < 4.78 is 8.93. The maximum Gasteiger partial charge on any atom is 0.0721 e. The molecule has 2 aromatic rings. The van der Waals surface area contributed by atoms with Crippen molar-refractivity contribution in [2.45, 2.75) is 16.7 Å². The SMILES string of the molecule is Cc1cc(SOOO)c2cccc(SOOO)c2c1. The lowest BCUT2D eigenvalue weighted by Crippen LogP contribution is -1.87. The Balaban J connectivity index is 2.46. The van der Waals surface area contributed by atoms with E-state index in [1.54, 1.807) is 0 Å². The van der Waals surface area contributed by atoms with E-state index in [0.29, 0.717) is 0 Å². The van der Waals surface area contributed by atoms with Gasteiger partial charge in [0.15, 0.2) is 0 Å². The fourth-order valence-corrected chi connectivity index (χ4v) is 2.81. The van der Waals surface area contributed by atoms with Crippen molar-refractivity contribution in [2.75, 3.05) is 0 Å². The van der Waals surface area contributed by atoms with Crippen LogP contribution in [-0.4, -0.2) is 10.5 Å². The first kappa shape index (κ1) is 14.6. The molecule has 0 aliphatic carbocycles. The Morgan fingerprint density at radius 2 is 1.58 bits per heavy atom. The molecule has 2 aromatic carbocycles. The monoisotopic (exact) mass is 302 g/mol. The Morgan fingerprint density at radius 1 is 0.895 bits per heavy atom. The number of hydrogen-bond acceptors (Lipinski definition) is 8. The van der Waals surface area contributed by atoms with Crippen molar-refractivity contribution >= 4 is 34.9 Å². The van der Waals surface area contributed by atoms with Crippen molar-refractivity contribution < 1.29 is 29.3 Å². The fraction of sp³-hybridized carbons (Fsp3) is 0.0909. The van der Waals surface area contributed by atoms with E-state index in [9.17, 15) is 0 Å². The zero-order valence-corrected chi connectivity index (χ0v) is 11.4. The maximum atomic E-state index is 8.23. The highest BCUT2D eigenvalue weighted by molar-refractivity contribution is 7.95. The van der Waals surface area contributed by atoms with Crippen LogP contribution in [0.4, 0.5) is 0 Å². The minimum atomic E-state index is 0.766. The van der Waals surface area contributed by atoms with Gasteiger partial charge in [-0.05, 0) is 35.4 Å². The molecule has 0 aliphatic heterocycles. The van der Waals surface area contributed by atoms with Crippen molar-refractivity contribution in [1.82, 2.24) is 0 Å². The summed E-state index contributed by atoms with van der Waals surface area (Å²) in [6, 6.07) is 9.39. The molecule has 19 heavy (non-hydrogen) atoms. The van der Waals surface area contributed by atoms with Crippen LogP contribution in [0.5, 0.6) is 0 Å². The number of rotatable bonds is 6. The van der Waals surface area contributed by atoms with E-state index < -0.39 is 0 Å². The average molecular weight is 302 g/mol. The van der Waals surface area contributed by atoms with E-state index in [-0.39, 0.29) is 0 Å². The van der Waals surface area contributed by atoms with Gasteiger partial charge in [-0.15, -0.1) is 8.67 Å². The molecule has 2 N–H and O–H groups in total. The smallest absolute Gasteiger partial charge is 0.0721 e. The fourth-order valence-electron chi connectivity index (χ4n) is 1.71. The van der Waals surface area contributed by atoms with Crippen LogP contribution in [0.25, 0.3) is 10.8 Å². The van der Waals surface area contributed by atoms with E-state index in [1.807, 2.05) is 37.3 Å². The zero-order chi connectivity index (χ0) is 13.7. The molecule has 0 amide bonds. The molecule has 0 saturated carbocycles. The highest BCUT2D eigenvalue weighted by Gasteiger charge is 2.09. The van der Waals surface area contributed by atoms with Gasteiger partial charge >= 0.3 is 0 Å². The second-order valence-electron chi connectivity index (χ2n) is 3.57. The first-order chi connectivity index (χ1) is 9.26. The quantitative estimate of drug-likeness (QED) is 0.471. The molecule has 2 rings (SSSR count). The van der Waals surface area contributed by atoms with Gasteiger partial charge in [-0.25, -0.2) is 10.5 Å². The van der Waals surface area contributed by atoms with E-state index in [1.165, 1.54) is 0 Å². The minimum Gasteiger partial charge on any atom is -0.220 e. The van der Waals surface area contributed by atoms with Crippen molar-refractivity contribution in [1.29, 1.82) is 0 Å². The Kier molecular flexibility index (Phi) is 5.43. The predicted octanol–water partition coefficient (Wildman–Crippen LogP) is 4.00. The number of aryl methyl sites for hydroxylation is 1. The summed E-state index contributed by atoms with van der Waals surface area (Å²) in [5, 5.41) is 25.4. The third-order valence-corrected chi connectivity index (χ3v) is 3.68. The molecule has 6 nitrogen and oxygen atoms in total. The summed E-state index contributed by atoms with van der Waals surface area (Å²) in [6.45, 7) is 1.92. The predicted molar refractivity (Wildman–Crippen MR) is 70.0 cm³/mol. The summed E-state index contributed by atoms with van der Waals surface area (Å²) in [7, 11) is 0. The molecule has 0 aliphatic rings. The van der Waals surface area contributed by atoms with Crippen LogP contribution < -0.4 is 0 Å². The van der Waals surface area contributed by atoms with Crippen LogP contribution >= 0.6 is 24.1 Å². The molecule has 0 bridgehead atoms. The van der Waals surface area contributed by atoms with Crippen LogP contribution in [0.3, 0.4) is 0 Å². The molecule has 0 saturated heterocycles. The Hall–Kier alpha value is -0.840. The van der Waals surface area contributed by atoms with E-state index in [0.717, 1.165) is 50.2 Å². The molecule has 0 aromatic heterocycles. The Morgan fingerprint density at radius 3 is 2.26 bits per heavy atom. The molecule has 8 heteroatoms. The van der Waals surface area contributed by atoms with Gasteiger partial charge in [0.25, 0.3) is 0 Å². The lowest BCUT2D eigenvalue weighted by Gasteiger charge is -2.09. The minimum absolute atomic E-state index is 0.766. The normalized spacial score (nSPS) is 11.1. The third-order valence-electron chi connectivity index (χ3n) is 2.37. The summed E-state index contributed by atoms with van der Waals surface area (Å²) >= 11 is 1.78. The van der Waals surface area contributed by atoms with Crippen LogP contribution in [0.15, 0.2) is 40.1 Å². The van der Waals surface area contributed by atoms with E-state index in [4.69, 9.17) is 10.5 Å². The van der Waals surface area contributed by atoms with Gasteiger partial charge in [0.1, 0.15) is 0 Å². The van der Waals surface area contributed by atoms with Crippen molar-refractivity contribution in [3.05, 3.63) is 35.9 Å². The molecule has 0 unspecified atom stereocenters. The number of hydrogen-bond donors (Lipinski definition) is 2. The number of benzene rings is 2. The first-order valence-electron chi connectivity index (χ1n) is 5.09. The van der Waals surface area contributed by atoms with Gasteiger partial charge in [0, 0.05) is 9.79 Å². The van der Waals surface area contributed by atoms with Crippen LogP contribution in [0.1, 0.15) is 5.56 Å². The zero-order valence-electron chi connectivity index (χ0n) is 9.73. The largest absolute Gasteiger partial charge is 0.220 e. The standard InChI is InChI=1S/C11H10O6S2/c1-7-5-9-8(11(6-7)19-17-15-13)3-2-4-10(9)18-16-14-12/h2-6,12-13H,1H3. The van der Waals surface area contributed by atoms with Crippen LogP contribution in [-0.2, 0) is 18.7 Å². The Bertz CT molecular complexity index is 562. The highest BCUT2D eigenvalue weighted by Crippen LogP contribution is 2.35. The Labute approximate surface area is 117 Å². The molecule has 0 atom stereocenters. The van der Waals surface area contributed by atoms with Crippen molar-refractivity contribution in [2.24, 2.45) is 0 Å². The summed E-state index contributed by atoms with van der Waals surface area (Å²) in [4.78, 5) is 1.54. The van der Waals surface area contributed by atoms with Gasteiger partial charge in [-0.1, -0.05) is 28.3 Å². The van der Waals surface area contributed by atoms with Gasteiger partial charge in [0.2, 0.25) is 0 Å². The van der Waals surface area contributed by atoms with E-state index >= 15 is 0 Å². The van der Waals surface area contributed by atoms with Gasteiger partial charge in [-0.3, -0.25) is 0 Å². The summed E-state index contributed by atoms with van der Waals surface area (Å²) in [6.07, 6.45) is 0.